The van der Waals surface area contributed by atoms with Crippen LogP contribution in [0.4, 0.5) is 8.78 Å². The molecule has 3 nitrogen and oxygen atoms in total. The van der Waals surface area contributed by atoms with E-state index in [1.54, 1.807) is 24.3 Å². The van der Waals surface area contributed by atoms with Gasteiger partial charge in [-0.05, 0) is 48.2 Å². The smallest absolute Gasteiger partial charge is 0.241 e. The summed E-state index contributed by atoms with van der Waals surface area (Å²) >= 11 is 0. The first-order valence-corrected chi connectivity index (χ1v) is 7.65. The Kier molecular flexibility index (Phi) is 4.67. The first-order valence-electron chi connectivity index (χ1n) is 7.65. The van der Waals surface area contributed by atoms with Crippen LogP contribution in [0.1, 0.15) is 30.0 Å². The van der Waals surface area contributed by atoms with Crippen LogP contribution in [0, 0.1) is 11.6 Å². The molecule has 120 valence electrons. The van der Waals surface area contributed by atoms with Crippen LogP contribution in [0.2, 0.25) is 0 Å². The molecule has 2 aromatic rings. The molecule has 3 rings (SSSR count). The van der Waals surface area contributed by atoms with Crippen molar-refractivity contribution >= 4 is 5.91 Å². The summed E-state index contributed by atoms with van der Waals surface area (Å²) in [7, 11) is 0. The highest BCUT2D eigenvalue weighted by atomic mass is 19.1. The molecule has 1 atom stereocenters. The van der Waals surface area contributed by atoms with E-state index < -0.39 is 6.04 Å². The Labute approximate surface area is 133 Å². The van der Waals surface area contributed by atoms with E-state index in [2.05, 4.69) is 10.6 Å². The largest absolute Gasteiger partial charge is 0.352 e. The molecular formula is C18H18F2N2O. The molecule has 1 fully saturated rings. The molecule has 0 heterocycles. The van der Waals surface area contributed by atoms with Crippen molar-refractivity contribution in [2.24, 2.45) is 0 Å². The number of hydrogen-bond donors (Lipinski definition) is 2. The van der Waals surface area contributed by atoms with Crippen LogP contribution in [0.5, 0.6) is 0 Å². The van der Waals surface area contributed by atoms with Crippen molar-refractivity contribution in [3.8, 4) is 0 Å². The van der Waals surface area contributed by atoms with E-state index in [-0.39, 0.29) is 23.6 Å². The van der Waals surface area contributed by atoms with Crippen molar-refractivity contribution in [2.75, 3.05) is 0 Å². The van der Waals surface area contributed by atoms with Crippen molar-refractivity contribution in [2.45, 2.75) is 31.5 Å². The fourth-order valence-corrected chi connectivity index (χ4v) is 2.35. The molecule has 0 aromatic heterocycles. The third-order valence-electron chi connectivity index (χ3n) is 3.81. The molecule has 2 N–H and O–H groups in total. The van der Waals surface area contributed by atoms with Gasteiger partial charge in [-0.3, -0.25) is 10.1 Å². The minimum Gasteiger partial charge on any atom is -0.352 e. The summed E-state index contributed by atoms with van der Waals surface area (Å²) in [5.41, 5.74) is 1.57. The van der Waals surface area contributed by atoms with Crippen LogP contribution < -0.4 is 10.6 Å². The second kappa shape index (κ2) is 6.87. The third-order valence-corrected chi connectivity index (χ3v) is 3.81. The molecule has 1 aliphatic rings. The average Bonchev–Trinajstić information content (AvgIpc) is 3.35. The monoisotopic (exact) mass is 316 g/mol. The van der Waals surface area contributed by atoms with Crippen LogP contribution in [-0.4, -0.2) is 11.9 Å². The Hall–Kier alpha value is -2.27. The summed E-state index contributed by atoms with van der Waals surface area (Å²) in [5.74, 6) is -0.759. The Morgan fingerprint density at radius 1 is 1.00 bits per heavy atom. The summed E-state index contributed by atoms with van der Waals surface area (Å²) in [4.78, 5) is 12.4. The summed E-state index contributed by atoms with van der Waals surface area (Å²) in [5, 5.41) is 6.12. The van der Waals surface area contributed by atoms with Crippen LogP contribution in [0.25, 0.3) is 0 Å². The predicted molar refractivity (Wildman–Crippen MR) is 83.5 cm³/mol. The van der Waals surface area contributed by atoms with Crippen molar-refractivity contribution in [1.29, 1.82) is 0 Å². The van der Waals surface area contributed by atoms with Gasteiger partial charge < -0.3 is 5.32 Å². The topological polar surface area (TPSA) is 41.1 Å². The highest BCUT2D eigenvalue weighted by Crippen LogP contribution is 2.21. The Balaban J connectivity index is 1.72. The van der Waals surface area contributed by atoms with Gasteiger partial charge in [0.05, 0.1) is 0 Å². The van der Waals surface area contributed by atoms with Crippen molar-refractivity contribution in [3.63, 3.8) is 0 Å². The van der Waals surface area contributed by atoms with E-state index in [9.17, 15) is 13.6 Å². The van der Waals surface area contributed by atoms with Gasteiger partial charge in [-0.25, -0.2) is 8.78 Å². The summed E-state index contributed by atoms with van der Waals surface area (Å²) in [6.45, 7) is 0.417. The number of hydrogen-bond acceptors (Lipinski definition) is 2. The molecule has 0 unspecified atom stereocenters. The normalized spacial score (nSPS) is 15.2. The zero-order chi connectivity index (χ0) is 16.2. The van der Waals surface area contributed by atoms with E-state index >= 15 is 0 Å². The molecule has 1 amide bonds. The zero-order valence-electron chi connectivity index (χ0n) is 12.6. The number of carbonyl (C=O) groups is 1. The molecular weight excluding hydrogens is 298 g/mol. The molecule has 2 aromatic carbocycles. The molecule has 1 saturated carbocycles. The Morgan fingerprint density at radius 3 is 2.13 bits per heavy atom. The van der Waals surface area contributed by atoms with E-state index in [0.29, 0.717) is 12.1 Å². The number of benzene rings is 2. The number of carbonyl (C=O) groups excluding carboxylic acids is 1. The lowest BCUT2D eigenvalue weighted by Gasteiger charge is -2.19. The molecule has 0 saturated heterocycles. The van der Waals surface area contributed by atoms with E-state index in [1.165, 1.54) is 24.3 Å². The van der Waals surface area contributed by atoms with Gasteiger partial charge in [-0.1, -0.05) is 24.3 Å². The minimum absolute atomic E-state index is 0.124. The Morgan fingerprint density at radius 2 is 1.57 bits per heavy atom. The maximum Gasteiger partial charge on any atom is 0.241 e. The van der Waals surface area contributed by atoms with Crippen LogP contribution in [-0.2, 0) is 11.3 Å². The number of halogens is 2. The van der Waals surface area contributed by atoms with Gasteiger partial charge in [-0.2, -0.15) is 0 Å². The highest BCUT2D eigenvalue weighted by Gasteiger charge is 2.28. The fourth-order valence-electron chi connectivity index (χ4n) is 2.35. The van der Waals surface area contributed by atoms with Crippen molar-refractivity contribution in [3.05, 3.63) is 71.3 Å². The quantitative estimate of drug-likeness (QED) is 0.860. The van der Waals surface area contributed by atoms with Crippen LogP contribution in [0.3, 0.4) is 0 Å². The summed E-state index contributed by atoms with van der Waals surface area (Å²) in [6, 6.07) is 11.7. The molecule has 0 aliphatic heterocycles. The van der Waals surface area contributed by atoms with Gasteiger partial charge in [0.25, 0.3) is 0 Å². The summed E-state index contributed by atoms with van der Waals surface area (Å²) in [6.07, 6.45) is 2.00. The lowest BCUT2D eigenvalue weighted by atomic mass is 10.1. The van der Waals surface area contributed by atoms with Gasteiger partial charge in [-0.15, -0.1) is 0 Å². The van der Waals surface area contributed by atoms with E-state index in [0.717, 1.165) is 18.4 Å². The lowest BCUT2D eigenvalue weighted by Crippen LogP contribution is -2.38. The average molecular weight is 316 g/mol. The first kappa shape index (κ1) is 15.6. The van der Waals surface area contributed by atoms with Gasteiger partial charge in [0, 0.05) is 12.6 Å². The van der Waals surface area contributed by atoms with Gasteiger partial charge in [0.15, 0.2) is 0 Å². The Bertz CT molecular complexity index is 666. The number of rotatable bonds is 6. The maximum absolute atomic E-state index is 13.1. The van der Waals surface area contributed by atoms with Crippen LogP contribution in [0.15, 0.2) is 48.5 Å². The van der Waals surface area contributed by atoms with Gasteiger partial charge >= 0.3 is 0 Å². The third kappa shape index (κ3) is 4.36. The fraction of sp³-hybridized carbons (Fsp3) is 0.278. The van der Waals surface area contributed by atoms with Gasteiger partial charge in [0.2, 0.25) is 5.91 Å². The molecule has 0 bridgehead atoms. The first-order chi connectivity index (χ1) is 11.1. The molecule has 0 radical (unpaired) electrons. The van der Waals surface area contributed by atoms with Gasteiger partial charge in [0.1, 0.15) is 17.7 Å². The molecule has 23 heavy (non-hydrogen) atoms. The summed E-state index contributed by atoms with van der Waals surface area (Å²) < 4.78 is 26.1. The molecule has 1 aliphatic carbocycles. The van der Waals surface area contributed by atoms with Crippen molar-refractivity contribution in [1.82, 2.24) is 10.6 Å². The minimum atomic E-state index is -0.568. The second-order valence-electron chi connectivity index (χ2n) is 5.77. The lowest BCUT2D eigenvalue weighted by molar-refractivity contribution is -0.123. The van der Waals surface area contributed by atoms with Crippen LogP contribution >= 0.6 is 0 Å². The molecule has 0 spiro atoms. The van der Waals surface area contributed by atoms with Crippen molar-refractivity contribution < 1.29 is 13.6 Å². The standard InChI is InChI=1S/C18H18F2N2O/c19-14-5-1-12(2-6-14)11-21-17(18(23)22-16-9-10-16)13-3-7-15(20)8-4-13/h1-8,16-17,21H,9-11H2,(H,22,23)/t17-/m0/s1. The molecule has 5 heteroatoms. The van der Waals surface area contributed by atoms with E-state index in [1.807, 2.05) is 0 Å². The SMILES string of the molecule is O=C(NC1CC1)[C@@H](NCc1ccc(F)cc1)c1ccc(F)cc1. The predicted octanol–water partition coefficient (Wildman–Crippen LogP) is 3.07. The number of amides is 1. The number of nitrogens with one attached hydrogen (secondary N) is 2. The maximum atomic E-state index is 13.1. The zero-order valence-corrected chi connectivity index (χ0v) is 12.6. The highest BCUT2D eigenvalue weighted by molar-refractivity contribution is 5.83. The second-order valence-corrected chi connectivity index (χ2v) is 5.77. The van der Waals surface area contributed by atoms with E-state index in [4.69, 9.17) is 0 Å².